The fourth-order valence-corrected chi connectivity index (χ4v) is 3.43. The number of esters is 1. The van der Waals surface area contributed by atoms with E-state index in [0.29, 0.717) is 12.0 Å². The first-order valence-electron chi connectivity index (χ1n) is 6.65. The molecule has 1 aromatic rings. The molecule has 0 spiro atoms. The van der Waals surface area contributed by atoms with Crippen molar-refractivity contribution >= 4 is 22.0 Å². The van der Waals surface area contributed by atoms with Gasteiger partial charge in [0.05, 0.1) is 17.6 Å². The number of rotatable bonds is 7. The van der Waals surface area contributed by atoms with Crippen LogP contribution in [0.15, 0.2) is 23.1 Å². The van der Waals surface area contributed by atoms with E-state index in [9.17, 15) is 18.0 Å². The van der Waals surface area contributed by atoms with Crippen LogP contribution in [0.3, 0.4) is 0 Å². The number of carboxylic acids is 1. The molecule has 0 radical (unpaired) electrons. The monoisotopic (exact) mass is 329 g/mol. The van der Waals surface area contributed by atoms with E-state index < -0.39 is 28.5 Å². The number of carbonyl (C=O) groups is 2. The summed E-state index contributed by atoms with van der Waals surface area (Å²) in [7, 11) is -2.79. The molecule has 1 aromatic carbocycles. The van der Waals surface area contributed by atoms with Crippen molar-refractivity contribution in [3.05, 3.63) is 29.3 Å². The fourth-order valence-electron chi connectivity index (χ4n) is 1.92. The molecule has 1 N–H and O–H groups in total. The summed E-state index contributed by atoms with van der Waals surface area (Å²) in [5.74, 6) is -1.88. The molecular weight excluding hydrogens is 310 g/mol. The Labute approximate surface area is 129 Å². The van der Waals surface area contributed by atoms with Gasteiger partial charge in [0.2, 0.25) is 10.0 Å². The third kappa shape index (κ3) is 4.05. The Morgan fingerprint density at radius 1 is 1.32 bits per heavy atom. The SMILES string of the molecule is CCCN(CC(=O)O)S(=O)(=O)c1ccc(C)c(C(=O)OC)c1. The molecule has 7 nitrogen and oxygen atoms in total. The Bertz CT molecular complexity index is 668. The summed E-state index contributed by atoms with van der Waals surface area (Å²) in [5, 5.41) is 8.87. The van der Waals surface area contributed by atoms with Gasteiger partial charge in [-0.3, -0.25) is 4.79 Å². The lowest BCUT2D eigenvalue weighted by molar-refractivity contribution is -0.137. The number of carboxylic acid groups (broad SMARTS) is 1. The Balaban J connectivity index is 3.31. The van der Waals surface area contributed by atoms with Crippen molar-refractivity contribution in [2.24, 2.45) is 0 Å². The average molecular weight is 329 g/mol. The van der Waals surface area contributed by atoms with Crippen LogP contribution in [0.25, 0.3) is 0 Å². The Hall–Kier alpha value is -1.93. The molecule has 0 atom stereocenters. The number of ether oxygens (including phenoxy) is 1. The second-order valence-electron chi connectivity index (χ2n) is 4.70. The van der Waals surface area contributed by atoms with Gasteiger partial charge in [-0.05, 0) is 31.0 Å². The van der Waals surface area contributed by atoms with Gasteiger partial charge in [-0.1, -0.05) is 13.0 Å². The molecule has 122 valence electrons. The molecule has 8 heteroatoms. The summed E-state index contributed by atoms with van der Waals surface area (Å²) < 4.78 is 30.6. The van der Waals surface area contributed by atoms with Gasteiger partial charge >= 0.3 is 11.9 Å². The molecule has 0 bridgehead atoms. The highest BCUT2D eigenvalue weighted by molar-refractivity contribution is 7.89. The number of sulfonamides is 1. The van der Waals surface area contributed by atoms with Gasteiger partial charge in [-0.2, -0.15) is 4.31 Å². The number of aryl methyl sites for hydroxylation is 1. The highest BCUT2D eigenvalue weighted by Crippen LogP contribution is 2.20. The predicted molar refractivity (Wildman–Crippen MR) is 79.2 cm³/mol. The van der Waals surface area contributed by atoms with Crippen molar-refractivity contribution in [3.8, 4) is 0 Å². The summed E-state index contributed by atoms with van der Waals surface area (Å²) in [4.78, 5) is 22.4. The van der Waals surface area contributed by atoms with Crippen molar-refractivity contribution in [2.75, 3.05) is 20.2 Å². The molecule has 0 heterocycles. The minimum absolute atomic E-state index is 0.0794. The van der Waals surface area contributed by atoms with Crippen molar-refractivity contribution in [2.45, 2.75) is 25.2 Å². The lowest BCUT2D eigenvalue weighted by atomic mass is 10.1. The van der Waals surface area contributed by atoms with Crippen molar-refractivity contribution < 1.29 is 27.9 Å². The number of methoxy groups -OCH3 is 1. The third-order valence-electron chi connectivity index (χ3n) is 3.04. The zero-order chi connectivity index (χ0) is 16.9. The molecule has 22 heavy (non-hydrogen) atoms. The smallest absolute Gasteiger partial charge is 0.338 e. The largest absolute Gasteiger partial charge is 0.480 e. The maximum atomic E-state index is 12.5. The first-order chi connectivity index (χ1) is 10.2. The van der Waals surface area contributed by atoms with Crippen molar-refractivity contribution in [1.82, 2.24) is 4.31 Å². The Morgan fingerprint density at radius 2 is 1.95 bits per heavy atom. The molecule has 0 saturated heterocycles. The summed E-state index contributed by atoms with van der Waals surface area (Å²) in [6.07, 6.45) is 0.474. The summed E-state index contributed by atoms with van der Waals surface area (Å²) in [6.45, 7) is 2.86. The maximum Gasteiger partial charge on any atom is 0.338 e. The van der Waals surface area contributed by atoms with Crippen LogP contribution in [0.2, 0.25) is 0 Å². The van der Waals surface area contributed by atoms with E-state index in [2.05, 4.69) is 4.74 Å². The standard InChI is InChI=1S/C14H19NO6S/c1-4-7-15(9-13(16)17)22(19,20)11-6-5-10(2)12(8-11)14(18)21-3/h5-6,8H,4,7,9H2,1-3H3,(H,16,17). The Morgan fingerprint density at radius 3 is 2.45 bits per heavy atom. The van der Waals surface area contributed by atoms with Crippen LogP contribution in [0.1, 0.15) is 29.3 Å². The molecule has 0 aliphatic heterocycles. The molecule has 0 saturated carbocycles. The van der Waals surface area contributed by atoms with E-state index in [1.54, 1.807) is 13.8 Å². The van der Waals surface area contributed by atoms with Gasteiger partial charge in [0.15, 0.2) is 0 Å². The summed E-state index contributed by atoms with van der Waals surface area (Å²) >= 11 is 0. The molecule has 0 amide bonds. The van der Waals surface area contributed by atoms with Gasteiger partial charge < -0.3 is 9.84 Å². The maximum absolute atomic E-state index is 12.5. The normalized spacial score (nSPS) is 11.5. The van der Waals surface area contributed by atoms with Crippen LogP contribution in [0.5, 0.6) is 0 Å². The second-order valence-corrected chi connectivity index (χ2v) is 6.64. The highest BCUT2D eigenvalue weighted by atomic mass is 32.2. The third-order valence-corrected chi connectivity index (χ3v) is 4.88. The zero-order valence-corrected chi connectivity index (χ0v) is 13.5. The number of aliphatic carboxylic acids is 1. The van der Waals surface area contributed by atoms with Crippen LogP contribution >= 0.6 is 0 Å². The minimum atomic E-state index is -3.99. The topological polar surface area (TPSA) is 101 Å². The fraction of sp³-hybridized carbons (Fsp3) is 0.429. The van der Waals surface area contributed by atoms with E-state index in [4.69, 9.17) is 5.11 Å². The molecule has 0 aromatic heterocycles. The van der Waals surface area contributed by atoms with E-state index in [0.717, 1.165) is 4.31 Å². The van der Waals surface area contributed by atoms with Crippen LogP contribution in [-0.2, 0) is 19.6 Å². The number of carbonyl (C=O) groups excluding carboxylic acids is 1. The quantitative estimate of drug-likeness (QED) is 0.756. The first-order valence-corrected chi connectivity index (χ1v) is 8.09. The van der Waals surface area contributed by atoms with Gasteiger partial charge in [0.25, 0.3) is 0 Å². The van der Waals surface area contributed by atoms with Crippen molar-refractivity contribution in [3.63, 3.8) is 0 Å². The number of benzene rings is 1. The van der Waals surface area contributed by atoms with E-state index in [1.807, 2.05) is 0 Å². The number of hydrogen-bond donors (Lipinski definition) is 1. The molecule has 0 aliphatic rings. The minimum Gasteiger partial charge on any atom is -0.480 e. The van der Waals surface area contributed by atoms with Crippen LogP contribution in [0, 0.1) is 6.92 Å². The molecular formula is C14H19NO6S. The first kappa shape index (κ1) is 18.1. The summed E-state index contributed by atoms with van der Waals surface area (Å²) in [6, 6.07) is 4.05. The van der Waals surface area contributed by atoms with Gasteiger partial charge in [0, 0.05) is 6.54 Å². The molecule has 0 fully saturated rings. The molecule has 1 rings (SSSR count). The highest BCUT2D eigenvalue weighted by Gasteiger charge is 2.27. The average Bonchev–Trinajstić information content (AvgIpc) is 2.45. The van der Waals surface area contributed by atoms with E-state index in [-0.39, 0.29) is 17.0 Å². The lowest BCUT2D eigenvalue weighted by Crippen LogP contribution is -2.36. The Kier molecular flexibility index (Phi) is 6.07. The van der Waals surface area contributed by atoms with Gasteiger partial charge in [0.1, 0.15) is 6.54 Å². The van der Waals surface area contributed by atoms with Crippen LogP contribution in [-0.4, -0.2) is 50.0 Å². The van der Waals surface area contributed by atoms with Crippen molar-refractivity contribution in [1.29, 1.82) is 0 Å². The molecule has 0 unspecified atom stereocenters. The lowest BCUT2D eigenvalue weighted by Gasteiger charge is -2.20. The number of hydrogen-bond acceptors (Lipinski definition) is 5. The molecule has 0 aliphatic carbocycles. The van der Waals surface area contributed by atoms with Crippen LogP contribution < -0.4 is 0 Å². The van der Waals surface area contributed by atoms with Gasteiger partial charge in [-0.25, -0.2) is 13.2 Å². The summed E-state index contributed by atoms with van der Waals surface area (Å²) in [5.41, 5.74) is 0.710. The van der Waals surface area contributed by atoms with E-state index in [1.165, 1.54) is 25.3 Å². The predicted octanol–water partition coefficient (Wildman–Crippen LogP) is 1.27. The zero-order valence-electron chi connectivity index (χ0n) is 12.7. The number of nitrogens with zero attached hydrogens (tertiary/aromatic N) is 1. The van der Waals surface area contributed by atoms with Crippen LogP contribution in [0.4, 0.5) is 0 Å². The second kappa shape index (κ2) is 7.37. The van der Waals surface area contributed by atoms with Gasteiger partial charge in [-0.15, -0.1) is 0 Å². The van der Waals surface area contributed by atoms with E-state index >= 15 is 0 Å².